The lowest BCUT2D eigenvalue weighted by molar-refractivity contribution is -0.133. The number of aliphatic hydroxyl groups excluding tert-OH is 2. The van der Waals surface area contributed by atoms with Crippen LogP contribution in [0.2, 0.25) is 5.02 Å². The number of hydrogen-bond donors (Lipinski definition) is 3. The van der Waals surface area contributed by atoms with Gasteiger partial charge in [-0.05, 0) is 35.3 Å². The number of hydrogen-bond acceptors (Lipinski definition) is 7. The van der Waals surface area contributed by atoms with Crippen molar-refractivity contribution in [3.63, 3.8) is 0 Å². The standard InChI is InChI=1S/C28H26ClN3O6/c29-21-10-22-19(20(11-30)28(31-22)38-24-14-37-26-23(34)13-36-27(24)26)9-18(21)17-3-1-15(2-4-17)16-5-7-32(8-6-16)25(35)12-33/h1-5,9-10,23-24,26-27,31,33-34H,6-8,12-14H2/t23-,24-,26-,27-/m1/s1. The van der Waals surface area contributed by atoms with E-state index < -0.39 is 31.0 Å². The lowest BCUT2D eigenvalue weighted by atomic mass is 9.96. The molecule has 2 saturated heterocycles. The van der Waals surface area contributed by atoms with E-state index >= 15 is 0 Å². The van der Waals surface area contributed by atoms with Crippen molar-refractivity contribution in [2.75, 3.05) is 32.9 Å². The molecule has 3 aliphatic rings. The zero-order valence-corrected chi connectivity index (χ0v) is 21.1. The van der Waals surface area contributed by atoms with Crippen LogP contribution in [-0.4, -0.2) is 83.3 Å². The molecule has 4 atom stereocenters. The number of nitrogens with zero attached hydrogens (tertiary/aromatic N) is 2. The van der Waals surface area contributed by atoms with Gasteiger partial charge in [-0.15, -0.1) is 0 Å². The molecule has 0 bridgehead atoms. The molecule has 2 aromatic carbocycles. The Morgan fingerprint density at radius 1 is 1.18 bits per heavy atom. The summed E-state index contributed by atoms with van der Waals surface area (Å²) in [5.41, 5.74) is 4.95. The molecule has 9 nitrogen and oxygen atoms in total. The first-order valence-corrected chi connectivity index (χ1v) is 12.9. The molecule has 10 heteroatoms. The van der Waals surface area contributed by atoms with Gasteiger partial charge in [0.15, 0.2) is 6.10 Å². The first kappa shape index (κ1) is 24.9. The van der Waals surface area contributed by atoms with Gasteiger partial charge in [-0.2, -0.15) is 5.26 Å². The fraction of sp³-hybridized carbons (Fsp3) is 0.357. The maximum atomic E-state index is 11.7. The number of amides is 1. The average molecular weight is 536 g/mol. The van der Waals surface area contributed by atoms with Gasteiger partial charge in [-0.1, -0.05) is 41.9 Å². The van der Waals surface area contributed by atoms with E-state index in [-0.39, 0.29) is 19.1 Å². The number of H-pyrrole nitrogens is 1. The highest BCUT2D eigenvalue weighted by Gasteiger charge is 2.48. The summed E-state index contributed by atoms with van der Waals surface area (Å²) >= 11 is 6.67. The Morgan fingerprint density at radius 3 is 2.66 bits per heavy atom. The lowest BCUT2D eigenvalue weighted by Gasteiger charge is -2.26. The molecule has 3 N–H and O–H groups in total. The molecule has 0 aliphatic carbocycles. The molecule has 3 aromatic rings. The Hall–Kier alpha value is -3.39. The van der Waals surface area contributed by atoms with Gasteiger partial charge < -0.3 is 34.3 Å². The van der Waals surface area contributed by atoms with E-state index in [0.717, 1.165) is 22.3 Å². The van der Waals surface area contributed by atoms with Crippen LogP contribution < -0.4 is 4.74 Å². The summed E-state index contributed by atoms with van der Waals surface area (Å²) in [4.78, 5) is 16.5. The summed E-state index contributed by atoms with van der Waals surface area (Å²) < 4.78 is 17.4. The van der Waals surface area contributed by atoms with E-state index in [1.165, 1.54) is 0 Å². The fourth-order valence-corrected chi connectivity index (χ4v) is 5.70. The van der Waals surface area contributed by atoms with E-state index in [2.05, 4.69) is 11.1 Å². The average Bonchev–Trinajstić information content (AvgIpc) is 3.62. The van der Waals surface area contributed by atoms with Gasteiger partial charge in [0.1, 0.15) is 36.6 Å². The maximum absolute atomic E-state index is 11.7. The van der Waals surface area contributed by atoms with E-state index in [4.69, 9.17) is 30.9 Å². The van der Waals surface area contributed by atoms with Gasteiger partial charge in [-0.25, -0.2) is 0 Å². The Bertz CT molecular complexity index is 1460. The molecular weight excluding hydrogens is 510 g/mol. The lowest BCUT2D eigenvalue weighted by Crippen LogP contribution is -2.36. The molecule has 0 spiro atoms. The minimum absolute atomic E-state index is 0.198. The van der Waals surface area contributed by atoms with Crippen LogP contribution in [0.15, 0.2) is 42.5 Å². The summed E-state index contributed by atoms with van der Waals surface area (Å²) in [6.07, 6.45) is 0.790. The smallest absolute Gasteiger partial charge is 0.248 e. The van der Waals surface area contributed by atoms with Gasteiger partial charge in [0.25, 0.3) is 0 Å². The molecule has 3 aliphatic heterocycles. The number of nitriles is 1. The quantitative estimate of drug-likeness (QED) is 0.458. The van der Waals surface area contributed by atoms with Crippen LogP contribution in [-0.2, 0) is 14.3 Å². The van der Waals surface area contributed by atoms with Crippen LogP contribution in [0.4, 0.5) is 0 Å². The first-order valence-electron chi connectivity index (χ1n) is 12.5. The number of benzene rings is 2. The van der Waals surface area contributed by atoms with Gasteiger partial charge in [0.2, 0.25) is 11.8 Å². The van der Waals surface area contributed by atoms with Crippen LogP contribution >= 0.6 is 11.6 Å². The third kappa shape index (κ3) is 4.34. The zero-order valence-electron chi connectivity index (χ0n) is 20.4. The van der Waals surface area contributed by atoms with Gasteiger partial charge in [-0.3, -0.25) is 4.79 Å². The monoisotopic (exact) mass is 535 g/mol. The van der Waals surface area contributed by atoms with Crippen LogP contribution in [0.3, 0.4) is 0 Å². The largest absolute Gasteiger partial charge is 0.469 e. The first-order chi connectivity index (χ1) is 18.5. The number of aromatic amines is 1. The highest BCUT2D eigenvalue weighted by molar-refractivity contribution is 6.34. The highest BCUT2D eigenvalue weighted by atomic mass is 35.5. The van der Waals surface area contributed by atoms with Crippen molar-refractivity contribution < 1.29 is 29.2 Å². The predicted molar refractivity (Wildman–Crippen MR) is 140 cm³/mol. The van der Waals surface area contributed by atoms with Crippen LogP contribution in [0.5, 0.6) is 5.88 Å². The molecule has 1 amide bonds. The Labute approximate surface area is 223 Å². The van der Waals surface area contributed by atoms with Crippen molar-refractivity contribution in [1.82, 2.24) is 9.88 Å². The normalized spacial score (nSPS) is 24.8. The topological polar surface area (TPSA) is 128 Å². The van der Waals surface area contributed by atoms with Crippen LogP contribution in [0, 0.1) is 11.3 Å². The van der Waals surface area contributed by atoms with Crippen molar-refractivity contribution in [3.8, 4) is 23.1 Å². The Balaban J connectivity index is 1.25. The minimum atomic E-state index is -0.681. The molecule has 1 aromatic heterocycles. The van der Waals surface area contributed by atoms with Crippen molar-refractivity contribution in [2.24, 2.45) is 0 Å². The Kier molecular flexibility index (Phi) is 6.60. The second kappa shape index (κ2) is 10.1. The minimum Gasteiger partial charge on any atom is -0.469 e. The Morgan fingerprint density at radius 2 is 1.95 bits per heavy atom. The molecule has 6 rings (SSSR count). The zero-order chi connectivity index (χ0) is 26.4. The number of aliphatic hydroxyl groups is 2. The summed E-state index contributed by atoms with van der Waals surface area (Å²) in [6, 6.07) is 13.9. The second-order valence-electron chi connectivity index (χ2n) is 9.69. The third-order valence-electron chi connectivity index (χ3n) is 7.48. The summed E-state index contributed by atoms with van der Waals surface area (Å²) in [5, 5.41) is 30.2. The number of fused-ring (bicyclic) bond motifs is 2. The SMILES string of the molecule is N#Cc1c(O[C@@H]2CO[C@H]3[C@@H]2OC[C@H]3O)[nH]c2cc(Cl)c(-c3ccc(C4=CCN(C(=O)CO)CC4)cc3)cc12. The van der Waals surface area contributed by atoms with Crippen LogP contribution in [0.25, 0.3) is 27.6 Å². The van der Waals surface area contributed by atoms with Gasteiger partial charge >= 0.3 is 0 Å². The number of aromatic nitrogens is 1. The number of rotatable bonds is 5. The number of halogens is 1. The van der Waals surface area contributed by atoms with Crippen molar-refractivity contribution in [1.29, 1.82) is 5.26 Å². The number of carbonyl (C=O) groups excluding carboxylic acids is 1. The maximum Gasteiger partial charge on any atom is 0.248 e. The van der Waals surface area contributed by atoms with E-state index in [0.29, 0.717) is 46.9 Å². The summed E-state index contributed by atoms with van der Waals surface area (Å²) in [6.45, 7) is 1.04. The second-order valence-corrected chi connectivity index (χ2v) is 10.1. The van der Waals surface area contributed by atoms with Gasteiger partial charge in [0, 0.05) is 24.0 Å². The molecule has 0 radical (unpaired) electrons. The predicted octanol–water partition coefficient (Wildman–Crippen LogP) is 2.87. The van der Waals surface area contributed by atoms with Crippen LogP contribution in [0.1, 0.15) is 17.5 Å². The number of nitrogens with one attached hydrogen (secondary N) is 1. The number of ether oxygens (including phenoxy) is 3. The molecular formula is C28H26ClN3O6. The van der Waals surface area contributed by atoms with E-state index in [1.807, 2.05) is 36.4 Å². The highest BCUT2D eigenvalue weighted by Crippen LogP contribution is 2.38. The van der Waals surface area contributed by atoms with Crippen molar-refractivity contribution in [2.45, 2.75) is 30.8 Å². The van der Waals surface area contributed by atoms with Gasteiger partial charge in [0.05, 0.1) is 23.8 Å². The molecule has 38 heavy (non-hydrogen) atoms. The van der Waals surface area contributed by atoms with E-state index in [1.54, 1.807) is 11.0 Å². The summed E-state index contributed by atoms with van der Waals surface area (Å²) in [7, 11) is 0. The van der Waals surface area contributed by atoms with Crippen molar-refractivity contribution >= 4 is 34.0 Å². The molecule has 2 fully saturated rings. The fourth-order valence-electron chi connectivity index (χ4n) is 5.43. The third-order valence-corrected chi connectivity index (χ3v) is 7.79. The molecule has 4 heterocycles. The molecule has 0 unspecified atom stereocenters. The van der Waals surface area contributed by atoms with E-state index in [9.17, 15) is 15.2 Å². The molecule has 0 saturated carbocycles. The van der Waals surface area contributed by atoms with Crippen molar-refractivity contribution in [3.05, 3.63) is 58.6 Å². The molecule has 196 valence electrons. The summed E-state index contributed by atoms with van der Waals surface area (Å²) in [5.74, 6) is 0.0606. The number of carbonyl (C=O) groups is 1.